The van der Waals surface area contributed by atoms with Gasteiger partial charge in [0, 0.05) is 15.3 Å². The molecule has 1 aliphatic rings. The van der Waals surface area contributed by atoms with Gasteiger partial charge in [0.2, 0.25) is 0 Å². The van der Waals surface area contributed by atoms with Crippen LogP contribution >= 0.6 is 27.3 Å². The summed E-state index contributed by atoms with van der Waals surface area (Å²) in [6.45, 7) is 4.01. The minimum absolute atomic E-state index is 0.00199. The lowest BCUT2D eigenvalue weighted by Gasteiger charge is -2.12. The molecule has 2 rings (SSSR count). The van der Waals surface area contributed by atoms with E-state index in [-0.39, 0.29) is 11.7 Å². The molecule has 3 nitrogen and oxygen atoms in total. The molecule has 1 fully saturated rings. The van der Waals surface area contributed by atoms with Crippen LogP contribution in [0.3, 0.4) is 0 Å². The Morgan fingerprint density at radius 1 is 1.42 bits per heavy atom. The Labute approximate surface area is 125 Å². The molecule has 3 unspecified atom stereocenters. The quantitative estimate of drug-likeness (QED) is 0.835. The molecule has 0 bridgehead atoms. The van der Waals surface area contributed by atoms with Crippen LogP contribution in [0.2, 0.25) is 0 Å². The van der Waals surface area contributed by atoms with Gasteiger partial charge in [-0.1, -0.05) is 13.3 Å². The molecule has 3 atom stereocenters. The molecule has 0 aromatic carbocycles. The Morgan fingerprint density at radius 2 is 2.05 bits per heavy atom. The van der Waals surface area contributed by atoms with Gasteiger partial charge in [0.25, 0.3) is 0 Å². The van der Waals surface area contributed by atoms with Crippen LogP contribution in [0.25, 0.3) is 0 Å². The fourth-order valence-electron chi connectivity index (χ4n) is 2.80. The molecular weight excluding hydrogens is 328 g/mol. The summed E-state index contributed by atoms with van der Waals surface area (Å²) in [6.07, 6.45) is 2.29. The second kappa shape index (κ2) is 5.75. The molecule has 0 amide bonds. The summed E-state index contributed by atoms with van der Waals surface area (Å²) in [7, 11) is 0. The number of Topliss-reactive ketones (excluding diaryl/α,β-unsaturated/α-hetero) is 1. The topological polar surface area (TPSA) is 54.4 Å². The number of hydrogen-bond donors (Lipinski definition) is 1. The third kappa shape index (κ3) is 2.92. The largest absolute Gasteiger partial charge is 0.481 e. The van der Waals surface area contributed by atoms with E-state index in [4.69, 9.17) is 0 Å². The van der Waals surface area contributed by atoms with E-state index in [1.54, 1.807) is 0 Å². The van der Waals surface area contributed by atoms with E-state index < -0.39 is 11.9 Å². The molecule has 0 saturated heterocycles. The van der Waals surface area contributed by atoms with Crippen LogP contribution < -0.4 is 0 Å². The van der Waals surface area contributed by atoms with E-state index >= 15 is 0 Å². The zero-order chi connectivity index (χ0) is 14.2. The molecule has 19 heavy (non-hydrogen) atoms. The van der Waals surface area contributed by atoms with Crippen LogP contribution in [-0.2, 0) is 4.79 Å². The predicted octanol–water partition coefficient (Wildman–Crippen LogP) is 4.14. The van der Waals surface area contributed by atoms with E-state index in [2.05, 4.69) is 22.9 Å². The van der Waals surface area contributed by atoms with E-state index in [9.17, 15) is 14.7 Å². The Kier molecular flexibility index (Phi) is 4.46. The van der Waals surface area contributed by atoms with Crippen molar-refractivity contribution in [3.8, 4) is 0 Å². The number of hydrogen-bond acceptors (Lipinski definition) is 3. The van der Waals surface area contributed by atoms with Crippen molar-refractivity contribution in [2.75, 3.05) is 0 Å². The van der Waals surface area contributed by atoms with Gasteiger partial charge >= 0.3 is 5.97 Å². The highest BCUT2D eigenvalue weighted by Crippen LogP contribution is 2.41. The maximum atomic E-state index is 12.5. The summed E-state index contributed by atoms with van der Waals surface area (Å²) in [6, 6.07) is 1.82. The van der Waals surface area contributed by atoms with Gasteiger partial charge in [0.1, 0.15) is 0 Å². The van der Waals surface area contributed by atoms with Crippen molar-refractivity contribution in [1.29, 1.82) is 0 Å². The lowest BCUT2D eigenvalue weighted by molar-refractivity contribution is -0.142. The summed E-state index contributed by atoms with van der Waals surface area (Å²) in [5, 5.41) is 9.29. The first kappa shape index (κ1) is 14.7. The molecule has 0 spiro atoms. The molecule has 0 radical (unpaired) electrons. The number of rotatable bonds is 4. The maximum Gasteiger partial charge on any atom is 0.307 e. The van der Waals surface area contributed by atoms with Crippen molar-refractivity contribution in [1.82, 2.24) is 0 Å². The highest BCUT2D eigenvalue weighted by molar-refractivity contribution is 9.10. The van der Waals surface area contributed by atoms with Gasteiger partial charge in [-0.15, -0.1) is 11.3 Å². The number of thiophene rings is 1. The molecule has 1 aromatic heterocycles. The van der Waals surface area contributed by atoms with Crippen LogP contribution in [0.1, 0.15) is 40.7 Å². The Morgan fingerprint density at radius 3 is 2.53 bits per heavy atom. The number of aliphatic carboxylic acids is 1. The highest BCUT2D eigenvalue weighted by atomic mass is 79.9. The maximum absolute atomic E-state index is 12.5. The Bertz CT molecular complexity index is 489. The average molecular weight is 345 g/mol. The lowest BCUT2D eigenvalue weighted by atomic mass is 9.91. The zero-order valence-electron chi connectivity index (χ0n) is 11.0. The predicted molar refractivity (Wildman–Crippen MR) is 78.7 cm³/mol. The number of ketones is 1. The average Bonchev–Trinajstić information content (AvgIpc) is 2.93. The van der Waals surface area contributed by atoms with Crippen molar-refractivity contribution < 1.29 is 14.7 Å². The fourth-order valence-corrected chi connectivity index (χ4v) is 4.34. The molecule has 1 aliphatic carbocycles. The number of carboxylic acid groups (broad SMARTS) is 1. The fraction of sp³-hybridized carbons (Fsp3) is 0.571. The van der Waals surface area contributed by atoms with E-state index in [1.165, 1.54) is 11.3 Å². The summed E-state index contributed by atoms with van der Waals surface area (Å²) in [5.74, 6) is -1.34. The molecule has 104 valence electrons. The van der Waals surface area contributed by atoms with Crippen LogP contribution in [-0.4, -0.2) is 16.9 Å². The summed E-state index contributed by atoms with van der Waals surface area (Å²) in [4.78, 5) is 25.6. The molecule has 1 N–H and O–H groups in total. The number of carbonyl (C=O) groups is 2. The minimum atomic E-state index is -0.832. The lowest BCUT2D eigenvalue weighted by Crippen LogP contribution is -2.24. The second-order valence-electron chi connectivity index (χ2n) is 5.18. The number of halogens is 1. The summed E-state index contributed by atoms with van der Waals surface area (Å²) < 4.78 is 0.928. The van der Waals surface area contributed by atoms with Gasteiger partial charge in [-0.2, -0.15) is 0 Å². The number of aryl methyl sites for hydroxylation is 1. The molecule has 1 saturated carbocycles. The van der Waals surface area contributed by atoms with Crippen molar-refractivity contribution in [3.63, 3.8) is 0 Å². The van der Waals surface area contributed by atoms with E-state index in [0.29, 0.717) is 23.6 Å². The molecular formula is C14H17BrO3S. The zero-order valence-corrected chi connectivity index (χ0v) is 13.4. The standard InChI is InChI=1S/C14H17BrO3S/c1-3-8-4-9(10(5-8)14(17)18)13(16)12-6-11(15)7(2)19-12/h6,8-10H,3-5H2,1-2H3,(H,17,18). The van der Waals surface area contributed by atoms with Gasteiger partial charge in [-0.05, 0) is 47.7 Å². The van der Waals surface area contributed by atoms with Crippen molar-refractivity contribution in [3.05, 3.63) is 20.3 Å². The van der Waals surface area contributed by atoms with Crippen molar-refractivity contribution in [2.24, 2.45) is 17.8 Å². The summed E-state index contributed by atoms with van der Waals surface area (Å²) in [5.41, 5.74) is 0. The van der Waals surface area contributed by atoms with Gasteiger partial charge < -0.3 is 5.11 Å². The second-order valence-corrected chi connectivity index (χ2v) is 7.29. The van der Waals surface area contributed by atoms with Crippen LogP contribution in [0.4, 0.5) is 0 Å². The smallest absolute Gasteiger partial charge is 0.307 e. The minimum Gasteiger partial charge on any atom is -0.481 e. The summed E-state index contributed by atoms with van der Waals surface area (Å²) >= 11 is 4.85. The van der Waals surface area contributed by atoms with Crippen LogP contribution in [0, 0.1) is 24.7 Å². The van der Waals surface area contributed by atoms with Gasteiger partial charge in [-0.25, -0.2) is 0 Å². The third-order valence-electron chi connectivity index (χ3n) is 3.99. The van der Waals surface area contributed by atoms with Gasteiger partial charge in [-0.3, -0.25) is 9.59 Å². The SMILES string of the molecule is CCC1CC(C(=O)O)C(C(=O)c2cc(Br)c(C)s2)C1. The molecule has 1 aromatic rings. The first-order valence-electron chi connectivity index (χ1n) is 6.47. The van der Waals surface area contributed by atoms with E-state index in [0.717, 1.165) is 15.8 Å². The van der Waals surface area contributed by atoms with Crippen LogP contribution in [0.15, 0.2) is 10.5 Å². The van der Waals surface area contributed by atoms with Crippen molar-refractivity contribution >= 4 is 39.0 Å². The van der Waals surface area contributed by atoms with Gasteiger partial charge in [0.15, 0.2) is 5.78 Å². The Hall–Kier alpha value is -0.680. The molecule has 5 heteroatoms. The van der Waals surface area contributed by atoms with Crippen LogP contribution in [0.5, 0.6) is 0 Å². The molecule has 0 aliphatic heterocycles. The monoisotopic (exact) mass is 344 g/mol. The first-order valence-corrected chi connectivity index (χ1v) is 8.07. The van der Waals surface area contributed by atoms with Crippen molar-refractivity contribution in [2.45, 2.75) is 33.1 Å². The van der Waals surface area contributed by atoms with E-state index in [1.807, 2.05) is 13.0 Å². The number of carbonyl (C=O) groups excluding carboxylic acids is 1. The highest BCUT2D eigenvalue weighted by Gasteiger charge is 2.42. The first-order chi connectivity index (χ1) is 8.93. The molecule has 1 heterocycles. The van der Waals surface area contributed by atoms with Gasteiger partial charge in [0.05, 0.1) is 10.8 Å². The number of carboxylic acids is 1. The Balaban J connectivity index is 2.23. The third-order valence-corrected chi connectivity index (χ3v) is 6.14. The normalized spacial score (nSPS) is 26.6.